The summed E-state index contributed by atoms with van der Waals surface area (Å²) in [6.07, 6.45) is 0.162. The van der Waals surface area contributed by atoms with Gasteiger partial charge in [-0.25, -0.2) is 4.98 Å². The lowest BCUT2D eigenvalue weighted by atomic mass is 10.1. The number of nitrogens with zero attached hydrogens (tertiary/aromatic N) is 3. The summed E-state index contributed by atoms with van der Waals surface area (Å²) >= 11 is 0. The van der Waals surface area contributed by atoms with Crippen molar-refractivity contribution < 1.29 is 14.3 Å². The van der Waals surface area contributed by atoms with Crippen molar-refractivity contribution in [1.29, 1.82) is 0 Å². The molecule has 0 saturated carbocycles. The molecule has 1 saturated heterocycles. The van der Waals surface area contributed by atoms with Crippen molar-refractivity contribution in [2.75, 3.05) is 23.9 Å². The van der Waals surface area contributed by atoms with Crippen LogP contribution in [-0.4, -0.2) is 35.0 Å². The summed E-state index contributed by atoms with van der Waals surface area (Å²) < 4.78 is 7.37. The van der Waals surface area contributed by atoms with E-state index in [-0.39, 0.29) is 18.2 Å². The van der Waals surface area contributed by atoms with Gasteiger partial charge in [0.1, 0.15) is 5.75 Å². The number of aryl methyl sites for hydroxylation is 2. The second-order valence-electron chi connectivity index (χ2n) is 7.24. The van der Waals surface area contributed by atoms with Gasteiger partial charge in [0, 0.05) is 19.5 Å². The molecule has 7 nitrogen and oxygen atoms in total. The molecule has 4 rings (SSSR count). The Balaban J connectivity index is 1.56. The number of para-hydroxylation sites is 2. The molecule has 2 amide bonds. The molecule has 1 aliphatic heterocycles. The average Bonchev–Trinajstić information content (AvgIpc) is 3.27. The molecule has 0 bridgehead atoms. The first-order valence-corrected chi connectivity index (χ1v) is 9.73. The van der Waals surface area contributed by atoms with Gasteiger partial charge in [0.2, 0.25) is 17.8 Å². The van der Waals surface area contributed by atoms with Crippen LogP contribution in [0.15, 0.2) is 42.5 Å². The fourth-order valence-corrected chi connectivity index (χ4v) is 3.83. The maximum atomic E-state index is 12.9. The highest BCUT2D eigenvalue weighted by Gasteiger charge is 2.36. The molecule has 0 spiro atoms. The van der Waals surface area contributed by atoms with Crippen molar-refractivity contribution in [1.82, 2.24) is 9.55 Å². The van der Waals surface area contributed by atoms with Gasteiger partial charge in [-0.05, 0) is 43.7 Å². The quantitative estimate of drug-likeness (QED) is 0.722. The van der Waals surface area contributed by atoms with E-state index in [9.17, 15) is 9.59 Å². The van der Waals surface area contributed by atoms with E-state index in [1.807, 2.05) is 60.9 Å². The minimum Gasteiger partial charge on any atom is -0.495 e. The first-order valence-electron chi connectivity index (χ1n) is 9.73. The van der Waals surface area contributed by atoms with E-state index in [1.54, 1.807) is 12.0 Å². The number of fused-ring (bicyclic) bond motifs is 1. The number of ether oxygens (including phenoxy) is 1. The van der Waals surface area contributed by atoms with Gasteiger partial charge in [-0.3, -0.25) is 14.9 Å². The summed E-state index contributed by atoms with van der Waals surface area (Å²) in [5.41, 5.74) is 3.53. The number of hydrogen-bond acceptors (Lipinski definition) is 4. The maximum absolute atomic E-state index is 12.9. The average molecular weight is 392 g/mol. The molecule has 1 N–H and O–H groups in total. The van der Waals surface area contributed by atoms with Crippen LogP contribution in [0.25, 0.3) is 11.0 Å². The number of imidazole rings is 1. The smallest absolute Gasteiger partial charge is 0.232 e. The van der Waals surface area contributed by atoms with Gasteiger partial charge in [-0.1, -0.05) is 18.2 Å². The normalized spacial score (nSPS) is 16.4. The SMILES string of the molecule is CCn1c(NC(=O)[C@H]2CC(=O)N(c3cc(C)ccc3OC)C2)nc2ccccc21. The third-order valence-electron chi connectivity index (χ3n) is 5.33. The van der Waals surface area contributed by atoms with Crippen LogP contribution in [0.1, 0.15) is 18.9 Å². The van der Waals surface area contributed by atoms with Crippen LogP contribution in [-0.2, 0) is 16.1 Å². The molecule has 2 heterocycles. The van der Waals surface area contributed by atoms with Crippen molar-refractivity contribution >= 4 is 34.5 Å². The fraction of sp³-hybridized carbons (Fsp3) is 0.318. The summed E-state index contributed by atoms with van der Waals surface area (Å²) in [5.74, 6) is 0.406. The van der Waals surface area contributed by atoms with Gasteiger partial charge in [0.05, 0.1) is 29.7 Å². The lowest BCUT2D eigenvalue weighted by Gasteiger charge is -2.20. The number of carbonyl (C=O) groups excluding carboxylic acids is 2. The molecule has 150 valence electrons. The zero-order valence-electron chi connectivity index (χ0n) is 16.8. The van der Waals surface area contributed by atoms with Gasteiger partial charge in [-0.2, -0.15) is 0 Å². The van der Waals surface area contributed by atoms with Crippen molar-refractivity contribution in [3.8, 4) is 5.75 Å². The maximum Gasteiger partial charge on any atom is 0.232 e. The zero-order chi connectivity index (χ0) is 20.5. The van der Waals surface area contributed by atoms with Crippen LogP contribution in [0, 0.1) is 12.8 Å². The minimum absolute atomic E-state index is 0.0851. The number of hydrogen-bond donors (Lipinski definition) is 1. The number of nitrogens with one attached hydrogen (secondary N) is 1. The third kappa shape index (κ3) is 3.44. The Bertz CT molecular complexity index is 1090. The topological polar surface area (TPSA) is 76.5 Å². The minimum atomic E-state index is -0.446. The molecule has 1 atom stereocenters. The fourth-order valence-electron chi connectivity index (χ4n) is 3.83. The van der Waals surface area contributed by atoms with Crippen molar-refractivity contribution in [2.45, 2.75) is 26.8 Å². The van der Waals surface area contributed by atoms with Crippen LogP contribution in [0.4, 0.5) is 11.6 Å². The van der Waals surface area contributed by atoms with Crippen LogP contribution in [0.5, 0.6) is 5.75 Å². The molecule has 1 aliphatic rings. The van der Waals surface area contributed by atoms with E-state index in [0.29, 0.717) is 30.5 Å². The summed E-state index contributed by atoms with van der Waals surface area (Å²) in [6, 6.07) is 13.5. The molecule has 7 heteroatoms. The number of anilines is 2. The molecule has 1 aromatic heterocycles. The van der Waals surface area contributed by atoms with E-state index < -0.39 is 5.92 Å². The number of aromatic nitrogens is 2. The molecule has 0 radical (unpaired) electrons. The van der Waals surface area contributed by atoms with E-state index in [4.69, 9.17) is 4.74 Å². The Kier molecular flexibility index (Phi) is 4.96. The van der Waals surface area contributed by atoms with Crippen LogP contribution in [0.3, 0.4) is 0 Å². The highest BCUT2D eigenvalue weighted by atomic mass is 16.5. The Hall–Kier alpha value is -3.35. The van der Waals surface area contributed by atoms with Gasteiger partial charge in [0.15, 0.2) is 0 Å². The van der Waals surface area contributed by atoms with Crippen molar-refractivity contribution in [2.24, 2.45) is 5.92 Å². The molecule has 0 unspecified atom stereocenters. The number of methoxy groups -OCH3 is 1. The summed E-state index contributed by atoms with van der Waals surface area (Å²) in [4.78, 5) is 31.8. The first kappa shape index (κ1) is 19.0. The molecular formula is C22H24N4O3. The number of rotatable bonds is 5. The van der Waals surface area contributed by atoms with Crippen LogP contribution < -0.4 is 15.0 Å². The number of amides is 2. The lowest BCUT2D eigenvalue weighted by molar-refractivity contribution is -0.122. The first-order chi connectivity index (χ1) is 14.0. The second kappa shape index (κ2) is 7.58. The Morgan fingerprint density at radius 1 is 1.28 bits per heavy atom. The van der Waals surface area contributed by atoms with Crippen LogP contribution in [0.2, 0.25) is 0 Å². The number of carbonyl (C=O) groups is 2. The van der Waals surface area contributed by atoms with Gasteiger partial charge < -0.3 is 14.2 Å². The molecular weight excluding hydrogens is 368 g/mol. The third-order valence-corrected chi connectivity index (χ3v) is 5.33. The largest absolute Gasteiger partial charge is 0.495 e. The predicted molar refractivity (Wildman–Crippen MR) is 112 cm³/mol. The Morgan fingerprint density at radius 2 is 2.07 bits per heavy atom. The van der Waals surface area contributed by atoms with Crippen LogP contribution >= 0.6 is 0 Å². The summed E-state index contributed by atoms with van der Waals surface area (Å²) in [6.45, 7) is 4.97. The van der Waals surface area contributed by atoms with Gasteiger partial charge >= 0.3 is 0 Å². The molecule has 2 aromatic carbocycles. The second-order valence-corrected chi connectivity index (χ2v) is 7.24. The van der Waals surface area contributed by atoms with Crippen molar-refractivity contribution in [3.63, 3.8) is 0 Å². The Labute approximate surface area is 169 Å². The monoisotopic (exact) mass is 392 g/mol. The van der Waals surface area contributed by atoms with Crippen molar-refractivity contribution in [3.05, 3.63) is 48.0 Å². The molecule has 3 aromatic rings. The lowest BCUT2D eigenvalue weighted by Crippen LogP contribution is -2.29. The zero-order valence-corrected chi connectivity index (χ0v) is 16.8. The highest BCUT2D eigenvalue weighted by molar-refractivity contribution is 6.04. The highest BCUT2D eigenvalue weighted by Crippen LogP contribution is 2.34. The van der Waals surface area contributed by atoms with E-state index >= 15 is 0 Å². The summed E-state index contributed by atoms with van der Waals surface area (Å²) in [7, 11) is 1.58. The Morgan fingerprint density at radius 3 is 2.83 bits per heavy atom. The van der Waals surface area contributed by atoms with E-state index in [2.05, 4.69) is 10.3 Å². The van der Waals surface area contributed by atoms with E-state index in [0.717, 1.165) is 16.6 Å². The predicted octanol–water partition coefficient (Wildman–Crippen LogP) is 3.36. The summed E-state index contributed by atoms with van der Waals surface area (Å²) in [5, 5.41) is 2.93. The molecule has 0 aliphatic carbocycles. The van der Waals surface area contributed by atoms with Gasteiger partial charge in [-0.15, -0.1) is 0 Å². The number of benzene rings is 2. The van der Waals surface area contributed by atoms with E-state index in [1.165, 1.54) is 0 Å². The van der Waals surface area contributed by atoms with Gasteiger partial charge in [0.25, 0.3) is 0 Å². The molecule has 1 fully saturated rings. The standard InChI is InChI=1S/C22H24N4O3/c1-4-25-17-8-6-5-7-16(17)23-22(25)24-21(28)15-12-20(27)26(13-15)18-11-14(2)9-10-19(18)29-3/h5-11,15H,4,12-13H2,1-3H3,(H,23,24,28)/t15-/m0/s1. The molecule has 29 heavy (non-hydrogen) atoms.